The number of aliphatic hydroxyl groups is 1. The molecule has 0 radical (unpaired) electrons. The smallest absolute Gasteiger partial charge is 0.146 e. The van der Waals surface area contributed by atoms with Crippen molar-refractivity contribution >= 4 is 31.9 Å². The van der Waals surface area contributed by atoms with Crippen LogP contribution in [-0.2, 0) is 0 Å². The minimum absolute atomic E-state index is 0.116. The fraction of sp³-hybridized carbons (Fsp3) is 0.0769. The van der Waals surface area contributed by atoms with Crippen LogP contribution in [0.2, 0.25) is 0 Å². The molecule has 0 aliphatic carbocycles. The van der Waals surface area contributed by atoms with Crippen LogP contribution >= 0.6 is 31.9 Å². The molecule has 1 unspecified atom stereocenters. The molecule has 1 N–H and O–H groups in total. The summed E-state index contributed by atoms with van der Waals surface area (Å²) in [6.45, 7) is 0. The van der Waals surface area contributed by atoms with Gasteiger partial charge in [0.1, 0.15) is 17.7 Å². The zero-order chi connectivity index (χ0) is 13.3. The predicted octanol–water partition coefficient (Wildman–Crippen LogP) is 4.57. The third-order valence-corrected chi connectivity index (χ3v) is 3.89. The SMILES string of the molecule is OC(c1ccccc1Br)c1c(F)ccc(Br)c1F. The maximum Gasteiger partial charge on any atom is 0.146 e. The van der Waals surface area contributed by atoms with E-state index in [1.54, 1.807) is 24.3 Å². The molecule has 2 rings (SSSR count). The lowest BCUT2D eigenvalue weighted by Gasteiger charge is -2.15. The minimum atomic E-state index is -1.36. The third kappa shape index (κ3) is 2.48. The summed E-state index contributed by atoms with van der Waals surface area (Å²) >= 11 is 6.22. The summed E-state index contributed by atoms with van der Waals surface area (Å²) in [6.07, 6.45) is -1.36. The average Bonchev–Trinajstić information content (AvgIpc) is 2.35. The Kier molecular flexibility index (Phi) is 4.14. The van der Waals surface area contributed by atoms with E-state index in [2.05, 4.69) is 31.9 Å². The highest BCUT2D eigenvalue weighted by molar-refractivity contribution is 9.10. The summed E-state index contributed by atoms with van der Waals surface area (Å²) in [6, 6.07) is 9.13. The second kappa shape index (κ2) is 5.47. The summed E-state index contributed by atoms with van der Waals surface area (Å²) in [5.41, 5.74) is 0.0460. The van der Waals surface area contributed by atoms with Gasteiger partial charge in [0.25, 0.3) is 0 Å². The largest absolute Gasteiger partial charge is 0.383 e. The van der Waals surface area contributed by atoms with Crippen molar-refractivity contribution in [3.05, 3.63) is 68.1 Å². The molecule has 0 fully saturated rings. The van der Waals surface area contributed by atoms with Gasteiger partial charge in [-0.2, -0.15) is 0 Å². The molecule has 18 heavy (non-hydrogen) atoms. The monoisotopic (exact) mass is 376 g/mol. The van der Waals surface area contributed by atoms with E-state index in [9.17, 15) is 13.9 Å². The number of rotatable bonds is 2. The number of halogens is 4. The molecule has 0 aliphatic heterocycles. The molecule has 94 valence electrons. The first-order valence-electron chi connectivity index (χ1n) is 5.08. The van der Waals surface area contributed by atoms with E-state index in [-0.39, 0.29) is 10.0 Å². The van der Waals surface area contributed by atoms with Crippen LogP contribution in [0.5, 0.6) is 0 Å². The van der Waals surface area contributed by atoms with Crippen LogP contribution in [0, 0.1) is 11.6 Å². The van der Waals surface area contributed by atoms with Crippen LogP contribution < -0.4 is 0 Å². The van der Waals surface area contributed by atoms with Crippen molar-refractivity contribution in [2.45, 2.75) is 6.10 Å². The van der Waals surface area contributed by atoms with Crippen LogP contribution in [-0.4, -0.2) is 5.11 Å². The van der Waals surface area contributed by atoms with Crippen molar-refractivity contribution < 1.29 is 13.9 Å². The Morgan fingerprint density at radius 3 is 2.28 bits per heavy atom. The fourth-order valence-electron chi connectivity index (χ4n) is 1.65. The molecule has 0 aliphatic rings. The standard InChI is InChI=1S/C13H8Br2F2O/c14-8-4-2-1-3-7(8)13(18)11-10(16)6-5-9(15)12(11)17/h1-6,13,18H. The summed E-state index contributed by atoms with van der Waals surface area (Å²) in [4.78, 5) is 0. The summed E-state index contributed by atoms with van der Waals surface area (Å²) in [7, 11) is 0. The van der Waals surface area contributed by atoms with Crippen molar-refractivity contribution in [1.82, 2.24) is 0 Å². The van der Waals surface area contributed by atoms with Gasteiger partial charge in [0.15, 0.2) is 0 Å². The fourth-order valence-corrected chi connectivity index (χ4v) is 2.49. The van der Waals surface area contributed by atoms with E-state index in [1.165, 1.54) is 6.07 Å². The van der Waals surface area contributed by atoms with E-state index in [4.69, 9.17) is 0 Å². The molecule has 1 nitrogen and oxygen atoms in total. The molecular formula is C13H8Br2F2O. The van der Waals surface area contributed by atoms with E-state index < -0.39 is 17.7 Å². The number of benzene rings is 2. The Labute approximate surface area is 120 Å². The van der Waals surface area contributed by atoms with Crippen LogP contribution in [0.15, 0.2) is 45.3 Å². The zero-order valence-corrected chi connectivity index (χ0v) is 12.2. The van der Waals surface area contributed by atoms with E-state index in [0.717, 1.165) is 6.07 Å². The first-order valence-corrected chi connectivity index (χ1v) is 6.67. The average molecular weight is 378 g/mol. The van der Waals surface area contributed by atoms with E-state index in [0.29, 0.717) is 10.0 Å². The Morgan fingerprint density at radius 2 is 1.61 bits per heavy atom. The maximum absolute atomic E-state index is 13.9. The first kappa shape index (κ1) is 13.6. The van der Waals surface area contributed by atoms with Gasteiger partial charge in [-0.05, 0) is 39.7 Å². The number of aliphatic hydroxyl groups excluding tert-OH is 1. The third-order valence-electron chi connectivity index (χ3n) is 2.55. The Morgan fingerprint density at radius 1 is 0.944 bits per heavy atom. The van der Waals surface area contributed by atoms with Gasteiger partial charge in [-0.15, -0.1) is 0 Å². The van der Waals surface area contributed by atoms with Gasteiger partial charge >= 0.3 is 0 Å². The van der Waals surface area contributed by atoms with E-state index >= 15 is 0 Å². The molecule has 0 spiro atoms. The van der Waals surface area contributed by atoms with Crippen LogP contribution in [0.3, 0.4) is 0 Å². The van der Waals surface area contributed by atoms with Crippen LogP contribution in [0.4, 0.5) is 8.78 Å². The highest BCUT2D eigenvalue weighted by Crippen LogP contribution is 2.33. The second-order valence-electron chi connectivity index (χ2n) is 3.68. The molecule has 2 aromatic carbocycles. The highest BCUT2D eigenvalue weighted by atomic mass is 79.9. The van der Waals surface area contributed by atoms with Crippen molar-refractivity contribution in [2.75, 3.05) is 0 Å². The number of hydrogen-bond acceptors (Lipinski definition) is 1. The van der Waals surface area contributed by atoms with Gasteiger partial charge in [-0.3, -0.25) is 0 Å². The summed E-state index contributed by atoms with van der Waals surface area (Å²) < 4.78 is 28.2. The maximum atomic E-state index is 13.9. The minimum Gasteiger partial charge on any atom is -0.383 e. The number of hydrogen-bond donors (Lipinski definition) is 1. The molecule has 0 saturated carbocycles. The molecule has 0 aromatic heterocycles. The molecule has 5 heteroatoms. The second-order valence-corrected chi connectivity index (χ2v) is 5.39. The summed E-state index contributed by atoms with van der Waals surface area (Å²) in [5, 5.41) is 10.1. The molecule has 1 atom stereocenters. The van der Waals surface area contributed by atoms with Crippen LogP contribution in [0.1, 0.15) is 17.2 Å². The molecule has 0 heterocycles. The Balaban J connectivity index is 2.56. The van der Waals surface area contributed by atoms with Crippen LogP contribution in [0.25, 0.3) is 0 Å². The van der Waals surface area contributed by atoms with Gasteiger partial charge in [-0.1, -0.05) is 34.1 Å². The Bertz CT molecular complexity index is 587. The molecule has 0 saturated heterocycles. The van der Waals surface area contributed by atoms with Gasteiger partial charge in [0.05, 0.1) is 10.0 Å². The van der Waals surface area contributed by atoms with E-state index in [1.807, 2.05) is 0 Å². The van der Waals surface area contributed by atoms with Crippen molar-refractivity contribution in [2.24, 2.45) is 0 Å². The van der Waals surface area contributed by atoms with Crippen molar-refractivity contribution in [3.8, 4) is 0 Å². The molecule has 2 aromatic rings. The quantitative estimate of drug-likeness (QED) is 0.760. The topological polar surface area (TPSA) is 20.2 Å². The first-order chi connectivity index (χ1) is 8.52. The van der Waals surface area contributed by atoms with Gasteiger partial charge in [0.2, 0.25) is 0 Å². The van der Waals surface area contributed by atoms with Gasteiger partial charge < -0.3 is 5.11 Å². The molecule has 0 amide bonds. The molecule has 0 bridgehead atoms. The van der Waals surface area contributed by atoms with Crippen molar-refractivity contribution in [1.29, 1.82) is 0 Å². The lowest BCUT2D eigenvalue weighted by atomic mass is 10.0. The summed E-state index contributed by atoms with van der Waals surface area (Å²) in [5.74, 6) is -1.57. The molecular weight excluding hydrogens is 370 g/mol. The van der Waals surface area contributed by atoms with Crippen molar-refractivity contribution in [3.63, 3.8) is 0 Å². The highest BCUT2D eigenvalue weighted by Gasteiger charge is 2.22. The zero-order valence-electron chi connectivity index (χ0n) is 9.00. The van der Waals surface area contributed by atoms with Gasteiger partial charge in [0, 0.05) is 4.47 Å². The van der Waals surface area contributed by atoms with Gasteiger partial charge in [-0.25, -0.2) is 8.78 Å². The Hall–Kier alpha value is -0.780. The normalized spacial score (nSPS) is 12.5. The predicted molar refractivity (Wildman–Crippen MR) is 72.3 cm³/mol. The lowest BCUT2D eigenvalue weighted by Crippen LogP contribution is -2.07. The lowest BCUT2D eigenvalue weighted by molar-refractivity contribution is 0.208.